The molecular formula is C21H16ClN5O4S. The number of hydrogen-bond donors (Lipinski definition) is 1. The van der Waals surface area contributed by atoms with Gasteiger partial charge in [-0.2, -0.15) is 0 Å². The Morgan fingerprint density at radius 3 is 2.72 bits per heavy atom. The molecule has 4 aromatic rings. The number of nitrogens with one attached hydrogen (secondary N) is 1. The summed E-state index contributed by atoms with van der Waals surface area (Å²) in [5.41, 5.74) is 0.259. The van der Waals surface area contributed by atoms with E-state index in [1.165, 1.54) is 35.0 Å². The topological polar surface area (TPSA) is 118 Å². The maximum absolute atomic E-state index is 13.6. The van der Waals surface area contributed by atoms with Crippen molar-refractivity contribution >= 4 is 38.3 Å². The predicted octanol–water partition coefficient (Wildman–Crippen LogP) is 2.26. The van der Waals surface area contributed by atoms with E-state index in [-0.39, 0.29) is 26.6 Å². The van der Waals surface area contributed by atoms with Crippen molar-refractivity contribution in [3.8, 4) is 5.69 Å². The third kappa shape index (κ3) is 3.19. The zero-order chi connectivity index (χ0) is 22.5. The zero-order valence-electron chi connectivity index (χ0n) is 16.5. The molecule has 0 unspecified atom stereocenters. The van der Waals surface area contributed by atoms with Gasteiger partial charge in [0.2, 0.25) is 0 Å². The lowest BCUT2D eigenvalue weighted by atomic mass is 10.0. The van der Waals surface area contributed by atoms with E-state index >= 15 is 0 Å². The number of aromatic nitrogens is 4. The molecule has 9 nitrogen and oxygen atoms in total. The van der Waals surface area contributed by atoms with E-state index in [1.807, 2.05) is 12.1 Å². The number of aryl methyl sites for hydroxylation is 1. The SMILES string of the molecule is O=c1[nH]c(=O)n(-c2cc(S(=O)(=O)N3CCCc4ccccc43)ccc2Cl)c2ncncc12. The molecule has 3 heterocycles. The van der Waals surface area contributed by atoms with Crippen LogP contribution in [0.3, 0.4) is 0 Å². The molecule has 32 heavy (non-hydrogen) atoms. The lowest BCUT2D eigenvalue weighted by Gasteiger charge is -2.30. The van der Waals surface area contributed by atoms with Gasteiger partial charge in [0, 0.05) is 12.7 Å². The molecule has 0 fully saturated rings. The summed E-state index contributed by atoms with van der Waals surface area (Å²) in [7, 11) is -3.94. The second-order valence-electron chi connectivity index (χ2n) is 7.28. The van der Waals surface area contributed by atoms with Gasteiger partial charge >= 0.3 is 5.69 Å². The highest BCUT2D eigenvalue weighted by Crippen LogP contribution is 2.33. The summed E-state index contributed by atoms with van der Waals surface area (Å²) in [6.45, 7) is 0.339. The number of H-pyrrole nitrogens is 1. The Morgan fingerprint density at radius 1 is 1.06 bits per heavy atom. The Labute approximate surface area is 187 Å². The first-order chi connectivity index (χ1) is 15.4. The van der Waals surface area contributed by atoms with E-state index in [9.17, 15) is 18.0 Å². The first-order valence-electron chi connectivity index (χ1n) is 9.73. The van der Waals surface area contributed by atoms with Gasteiger partial charge in [-0.15, -0.1) is 0 Å². The van der Waals surface area contributed by atoms with Gasteiger partial charge in [-0.3, -0.25) is 14.1 Å². The number of sulfonamides is 1. The highest BCUT2D eigenvalue weighted by Gasteiger charge is 2.29. The predicted molar refractivity (Wildman–Crippen MR) is 120 cm³/mol. The van der Waals surface area contributed by atoms with Gasteiger partial charge in [-0.25, -0.2) is 27.7 Å². The van der Waals surface area contributed by atoms with E-state index < -0.39 is 21.3 Å². The number of para-hydroxylation sites is 1. The van der Waals surface area contributed by atoms with Crippen LogP contribution in [0.4, 0.5) is 5.69 Å². The van der Waals surface area contributed by atoms with Gasteiger partial charge in [-0.05, 0) is 42.7 Å². The summed E-state index contributed by atoms with van der Waals surface area (Å²) in [6, 6.07) is 11.5. The van der Waals surface area contributed by atoms with Crippen LogP contribution in [0.5, 0.6) is 0 Å². The fraction of sp³-hybridized carbons (Fsp3) is 0.143. The number of nitrogens with zero attached hydrogens (tertiary/aromatic N) is 4. The molecule has 2 aromatic heterocycles. The van der Waals surface area contributed by atoms with Gasteiger partial charge in [0.15, 0.2) is 5.65 Å². The Kier molecular flexibility index (Phi) is 4.83. The van der Waals surface area contributed by atoms with Crippen LogP contribution in [0.1, 0.15) is 12.0 Å². The van der Waals surface area contributed by atoms with Crippen molar-refractivity contribution in [2.75, 3.05) is 10.8 Å². The van der Waals surface area contributed by atoms with E-state index in [2.05, 4.69) is 15.0 Å². The van der Waals surface area contributed by atoms with Crippen molar-refractivity contribution in [2.24, 2.45) is 0 Å². The van der Waals surface area contributed by atoms with E-state index in [4.69, 9.17) is 11.6 Å². The van der Waals surface area contributed by atoms with Crippen LogP contribution in [0.15, 0.2) is 69.5 Å². The summed E-state index contributed by atoms with van der Waals surface area (Å²) >= 11 is 6.36. The molecule has 0 spiro atoms. The minimum Gasteiger partial charge on any atom is -0.273 e. The van der Waals surface area contributed by atoms with Crippen molar-refractivity contribution < 1.29 is 8.42 Å². The average Bonchev–Trinajstić information content (AvgIpc) is 2.79. The molecule has 0 amide bonds. The summed E-state index contributed by atoms with van der Waals surface area (Å²) < 4.78 is 29.6. The molecule has 1 N–H and O–H groups in total. The first-order valence-corrected chi connectivity index (χ1v) is 11.6. The second kappa shape index (κ2) is 7.57. The number of rotatable bonds is 3. The number of benzene rings is 2. The maximum Gasteiger partial charge on any atom is 0.334 e. The molecule has 0 aliphatic carbocycles. The number of aromatic amines is 1. The molecule has 2 aromatic carbocycles. The van der Waals surface area contributed by atoms with Crippen LogP contribution < -0.4 is 15.6 Å². The minimum atomic E-state index is -3.94. The number of halogens is 1. The third-order valence-corrected chi connectivity index (χ3v) is 7.51. The third-order valence-electron chi connectivity index (χ3n) is 5.39. The van der Waals surface area contributed by atoms with Crippen molar-refractivity contribution in [3.05, 3.63) is 86.4 Å². The zero-order valence-corrected chi connectivity index (χ0v) is 18.1. The van der Waals surface area contributed by atoms with Crippen LogP contribution in [0, 0.1) is 0 Å². The lowest BCUT2D eigenvalue weighted by Crippen LogP contribution is -2.35. The molecule has 1 aliphatic heterocycles. The quantitative estimate of drug-likeness (QED) is 0.491. The van der Waals surface area contributed by atoms with Crippen LogP contribution in [0.25, 0.3) is 16.7 Å². The normalized spacial score (nSPS) is 13.8. The summed E-state index contributed by atoms with van der Waals surface area (Å²) in [6.07, 6.45) is 3.96. The molecular weight excluding hydrogens is 454 g/mol. The number of anilines is 1. The maximum atomic E-state index is 13.6. The highest BCUT2D eigenvalue weighted by molar-refractivity contribution is 7.92. The molecule has 5 rings (SSSR count). The van der Waals surface area contributed by atoms with Crippen molar-refractivity contribution in [3.63, 3.8) is 0 Å². The fourth-order valence-corrected chi connectivity index (χ4v) is 5.67. The molecule has 1 aliphatic rings. The molecule has 0 saturated carbocycles. The monoisotopic (exact) mass is 469 g/mol. The highest BCUT2D eigenvalue weighted by atomic mass is 35.5. The lowest BCUT2D eigenvalue weighted by molar-refractivity contribution is 0.586. The second-order valence-corrected chi connectivity index (χ2v) is 9.55. The van der Waals surface area contributed by atoms with Crippen LogP contribution >= 0.6 is 11.6 Å². The van der Waals surface area contributed by atoms with E-state index in [1.54, 1.807) is 12.1 Å². The minimum absolute atomic E-state index is 0.0218. The van der Waals surface area contributed by atoms with Crippen molar-refractivity contribution in [1.82, 2.24) is 19.5 Å². The van der Waals surface area contributed by atoms with Crippen LogP contribution in [-0.2, 0) is 16.4 Å². The first kappa shape index (κ1) is 20.4. The van der Waals surface area contributed by atoms with Crippen molar-refractivity contribution in [1.29, 1.82) is 0 Å². The average molecular weight is 470 g/mol. The van der Waals surface area contributed by atoms with Crippen LogP contribution in [0.2, 0.25) is 5.02 Å². The van der Waals surface area contributed by atoms with Gasteiger partial charge in [-0.1, -0.05) is 29.8 Å². The van der Waals surface area contributed by atoms with Gasteiger partial charge in [0.25, 0.3) is 15.6 Å². The summed E-state index contributed by atoms with van der Waals surface area (Å²) in [4.78, 5) is 34.8. The van der Waals surface area contributed by atoms with Crippen molar-refractivity contribution in [2.45, 2.75) is 17.7 Å². The van der Waals surface area contributed by atoms with Crippen LogP contribution in [-0.4, -0.2) is 34.5 Å². The Hall–Kier alpha value is -3.50. The molecule has 0 saturated heterocycles. The Morgan fingerprint density at radius 2 is 1.88 bits per heavy atom. The molecule has 11 heteroatoms. The van der Waals surface area contributed by atoms with Gasteiger partial charge in [0.05, 0.1) is 21.3 Å². The van der Waals surface area contributed by atoms with E-state index in [0.29, 0.717) is 18.7 Å². The summed E-state index contributed by atoms with van der Waals surface area (Å²) in [5, 5.41) is 0.193. The van der Waals surface area contributed by atoms with Gasteiger partial charge < -0.3 is 0 Å². The molecule has 0 bridgehead atoms. The van der Waals surface area contributed by atoms with E-state index in [0.717, 1.165) is 16.6 Å². The summed E-state index contributed by atoms with van der Waals surface area (Å²) in [5.74, 6) is 0. The smallest absolute Gasteiger partial charge is 0.273 e. The fourth-order valence-electron chi connectivity index (χ4n) is 3.90. The standard InChI is InChI=1S/C21H16ClN5O4S/c22-16-8-7-14(32(30,31)26-9-3-5-13-4-1-2-6-17(13)26)10-18(16)27-19-15(11-23-12-24-19)20(28)25-21(27)29/h1-2,4,6-8,10-12H,3,5,9H2,(H,25,28,29). The molecule has 0 radical (unpaired) electrons. The molecule has 0 atom stereocenters. The number of hydrogen-bond acceptors (Lipinski definition) is 6. The Balaban J connectivity index is 1.71. The largest absolute Gasteiger partial charge is 0.334 e. The Bertz CT molecular complexity index is 1600. The van der Waals surface area contributed by atoms with Gasteiger partial charge in [0.1, 0.15) is 11.7 Å². The molecule has 162 valence electrons. The number of fused-ring (bicyclic) bond motifs is 2.